The average Bonchev–Trinajstić information content (AvgIpc) is 2.45. The van der Waals surface area contributed by atoms with E-state index in [9.17, 15) is 4.79 Å². The molecule has 2 rings (SSSR count). The quantitative estimate of drug-likeness (QED) is 0.664. The van der Waals surface area contributed by atoms with E-state index >= 15 is 0 Å². The van der Waals surface area contributed by atoms with Gasteiger partial charge in [0, 0.05) is 11.0 Å². The second-order valence-corrected chi connectivity index (χ2v) is 5.19. The largest absolute Gasteiger partial charge is 0.465 e. The van der Waals surface area contributed by atoms with Gasteiger partial charge in [0.25, 0.3) is 0 Å². The first-order chi connectivity index (χ1) is 9.60. The number of halogens is 1. The van der Waals surface area contributed by atoms with Gasteiger partial charge < -0.3 is 15.8 Å². The molecule has 0 heterocycles. The highest BCUT2D eigenvalue weighted by Gasteiger charge is 2.08. The number of carbonyl (C=O) groups excluding carboxylic acids is 1. The molecule has 20 heavy (non-hydrogen) atoms. The van der Waals surface area contributed by atoms with E-state index in [-0.39, 0.29) is 5.97 Å². The molecule has 0 atom stereocenters. The Labute approximate surface area is 126 Å². The fraction of sp³-hybridized carbons (Fsp3) is 0.133. The Morgan fingerprint density at radius 2 is 2.10 bits per heavy atom. The lowest BCUT2D eigenvalue weighted by Gasteiger charge is -2.11. The minimum atomic E-state index is -0.379. The van der Waals surface area contributed by atoms with Crippen molar-refractivity contribution in [3.63, 3.8) is 0 Å². The van der Waals surface area contributed by atoms with Crippen LogP contribution in [0.25, 0.3) is 0 Å². The molecule has 0 spiro atoms. The van der Waals surface area contributed by atoms with Crippen LogP contribution in [0.4, 0.5) is 11.4 Å². The van der Waals surface area contributed by atoms with Gasteiger partial charge in [-0.2, -0.15) is 0 Å². The van der Waals surface area contributed by atoms with Crippen LogP contribution in [0, 0.1) is 0 Å². The van der Waals surface area contributed by atoms with Crippen molar-refractivity contribution >= 4 is 33.3 Å². The highest BCUT2D eigenvalue weighted by Crippen LogP contribution is 2.22. The fourth-order valence-corrected chi connectivity index (χ4v) is 2.25. The minimum absolute atomic E-state index is 0.379. The minimum Gasteiger partial charge on any atom is -0.465 e. The first-order valence-corrected chi connectivity index (χ1v) is 6.85. The summed E-state index contributed by atoms with van der Waals surface area (Å²) in [7, 11) is 1.35. The number of rotatable bonds is 4. The molecule has 5 heteroatoms. The third kappa shape index (κ3) is 3.51. The van der Waals surface area contributed by atoms with Crippen molar-refractivity contribution in [2.24, 2.45) is 0 Å². The zero-order valence-corrected chi connectivity index (χ0v) is 12.6. The number of hydrogen-bond donors (Lipinski definition) is 2. The number of esters is 1. The Kier molecular flexibility index (Phi) is 4.63. The van der Waals surface area contributed by atoms with Crippen LogP contribution in [-0.4, -0.2) is 13.1 Å². The number of benzene rings is 2. The molecule has 0 fully saturated rings. The van der Waals surface area contributed by atoms with E-state index in [0.29, 0.717) is 23.5 Å². The van der Waals surface area contributed by atoms with E-state index in [1.165, 1.54) is 7.11 Å². The van der Waals surface area contributed by atoms with Crippen molar-refractivity contribution in [3.05, 3.63) is 58.1 Å². The smallest absolute Gasteiger partial charge is 0.337 e. The normalized spacial score (nSPS) is 10.1. The summed E-state index contributed by atoms with van der Waals surface area (Å²) >= 11 is 3.43. The van der Waals surface area contributed by atoms with E-state index in [1.54, 1.807) is 18.2 Å². The second kappa shape index (κ2) is 6.43. The Morgan fingerprint density at radius 1 is 1.30 bits per heavy atom. The van der Waals surface area contributed by atoms with E-state index in [0.717, 1.165) is 10.0 Å². The highest BCUT2D eigenvalue weighted by atomic mass is 79.9. The molecule has 0 bridgehead atoms. The molecule has 0 saturated heterocycles. The molecule has 2 aromatic carbocycles. The third-order valence-electron chi connectivity index (χ3n) is 2.85. The number of nitrogen functional groups attached to an aromatic ring is 1. The summed E-state index contributed by atoms with van der Waals surface area (Å²) < 4.78 is 5.72. The Bertz CT molecular complexity index is 629. The predicted molar refractivity (Wildman–Crippen MR) is 83.7 cm³/mol. The van der Waals surface area contributed by atoms with E-state index in [2.05, 4.69) is 21.2 Å². The fourth-order valence-electron chi connectivity index (χ4n) is 1.80. The molecule has 0 aliphatic carbocycles. The monoisotopic (exact) mass is 334 g/mol. The molecule has 0 aliphatic rings. The number of methoxy groups -OCH3 is 1. The van der Waals surface area contributed by atoms with Crippen LogP contribution in [0.2, 0.25) is 0 Å². The van der Waals surface area contributed by atoms with Crippen molar-refractivity contribution in [2.75, 3.05) is 18.2 Å². The SMILES string of the molecule is COC(=O)c1ccc(N)c(NCc2cccc(Br)c2)c1. The van der Waals surface area contributed by atoms with Gasteiger partial charge in [-0.1, -0.05) is 28.1 Å². The molecule has 0 aromatic heterocycles. The number of nitrogens with two attached hydrogens (primary N) is 1. The maximum atomic E-state index is 11.5. The molecule has 104 valence electrons. The number of carbonyl (C=O) groups is 1. The van der Waals surface area contributed by atoms with Gasteiger partial charge in [0.15, 0.2) is 0 Å². The third-order valence-corrected chi connectivity index (χ3v) is 3.34. The van der Waals surface area contributed by atoms with Crippen molar-refractivity contribution in [2.45, 2.75) is 6.54 Å². The molecule has 0 unspecified atom stereocenters. The zero-order valence-electron chi connectivity index (χ0n) is 11.0. The van der Waals surface area contributed by atoms with Gasteiger partial charge in [0.1, 0.15) is 0 Å². The lowest BCUT2D eigenvalue weighted by atomic mass is 10.1. The second-order valence-electron chi connectivity index (χ2n) is 4.28. The summed E-state index contributed by atoms with van der Waals surface area (Å²) in [6.07, 6.45) is 0. The predicted octanol–water partition coefficient (Wildman–Crippen LogP) is 3.43. The van der Waals surface area contributed by atoms with Crippen LogP contribution >= 0.6 is 15.9 Å². The van der Waals surface area contributed by atoms with Crippen LogP contribution < -0.4 is 11.1 Å². The van der Waals surface area contributed by atoms with Crippen LogP contribution in [0.15, 0.2) is 46.9 Å². The number of nitrogens with one attached hydrogen (secondary N) is 1. The molecular weight excluding hydrogens is 320 g/mol. The zero-order chi connectivity index (χ0) is 14.5. The lowest BCUT2D eigenvalue weighted by Crippen LogP contribution is -2.06. The molecule has 0 radical (unpaired) electrons. The van der Waals surface area contributed by atoms with E-state index in [1.807, 2.05) is 24.3 Å². The van der Waals surface area contributed by atoms with Crippen molar-refractivity contribution in [1.29, 1.82) is 0 Å². The van der Waals surface area contributed by atoms with Crippen LogP contribution in [-0.2, 0) is 11.3 Å². The standard InChI is InChI=1S/C15H15BrN2O2/c1-20-15(19)11-5-6-13(17)14(8-11)18-9-10-3-2-4-12(16)7-10/h2-8,18H,9,17H2,1H3. The van der Waals surface area contributed by atoms with E-state index in [4.69, 9.17) is 10.5 Å². The van der Waals surface area contributed by atoms with Crippen LogP contribution in [0.3, 0.4) is 0 Å². The first-order valence-electron chi connectivity index (χ1n) is 6.06. The number of ether oxygens (including phenoxy) is 1. The summed E-state index contributed by atoms with van der Waals surface area (Å²) in [4.78, 5) is 11.5. The van der Waals surface area contributed by atoms with Crippen molar-refractivity contribution in [1.82, 2.24) is 0 Å². The van der Waals surface area contributed by atoms with Crippen molar-refractivity contribution in [3.8, 4) is 0 Å². The molecule has 0 aliphatic heterocycles. The molecular formula is C15H15BrN2O2. The Hall–Kier alpha value is -2.01. The average molecular weight is 335 g/mol. The van der Waals surface area contributed by atoms with E-state index < -0.39 is 0 Å². The first kappa shape index (κ1) is 14.4. The van der Waals surface area contributed by atoms with Gasteiger partial charge in [0.2, 0.25) is 0 Å². The molecule has 2 aromatic rings. The molecule has 0 amide bonds. The Morgan fingerprint density at radius 3 is 2.80 bits per heavy atom. The van der Waals surface area contributed by atoms with Gasteiger partial charge in [0.05, 0.1) is 24.0 Å². The molecule has 0 saturated carbocycles. The number of hydrogen-bond acceptors (Lipinski definition) is 4. The summed E-state index contributed by atoms with van der Waals surface area (Å²) in [5.41, 5.74) is 8.79. The Balaban J connectivity index is 2.14. The van der Waals surface area contributed by atoms with Gasteiger partial charge in [-0.25, -0.2) is 4.79 Å². The van der Waals surface area contributed by atoms with Gasteiger partial charge in [-0.05, 0) is 35.9 Å². The van der Waals surface area contributed by atoms with Gasteiger partial charge >= 0.3 is 5.97 Å². The lowest BCUT2D eigenvalue weighted by molar-refractivity contribution is 0.0601. The summed E-state index contributed by atoms with van der Waals surface area (Å²) in [6.45, 7) is 0.619. The maximum absolute atomic E-state index is 11.5. The van der Waals surface area contributed by atoms with Gasteiger partial charge in [-0.15, -0.1) is 0 Å². The molecule has 4 nitrogen and oxygen atoms in total. The molecule has 3 N–H and O–H groups in total. The summed E-state index contributed by atoms with van der Waals surface area (Å²) in [6, 6.07) is 13.0. The number of anilines is 2. The highest BCUT2D eigenvalue weighted by molar-refractivity contribution is 9.10. The summed E-state index contributed by atoms with van der Waals surface area (Å²) in [5.74, 6) is -0.379. The maximum Gasteiger partial charge on any atom is 0.337 e. The van der Waals surface area contributed by atoms with Crippen LogP contribution in [0.1, 0.15) is 15.9 Å². The van der Waals surface area contributed by atoms with Crippen molar-refractivity contribution < 1.29 is 9.53 Å². The van der Waals surface area contributed by atoms with Crippen LogP contribution in [0.5, 0.6) is 0 Å². The topological polar surface area (TPSA) is 64.3 Å². The van der Waals surface area contributed by atoms with Gasteiger partial charge in [-0.3, -0.25) is 0 Å². The summed E-state index contributed by atoms with van der Waals surface area (Å²) in [5, 5.41) is 3.22.